The standard InChI is InChI=1S/C12H13BrN2O3/c1-12(2,3)17-11(16)14-10-8-5-4-7(13)6-9(8)18-15-10/h4-6H,1-3H3,(H,14,15,16). The van der Waals surface area contributed by atoms with Gasteiger partial charge in [-0.3, -0.25) is 5.32 Å². The van der Waals surface area contributed by atoms with Crippen molar-refractivity contribution in [2.24, 2.45) is 0 Å². The third kappa shape index (κ3) is 3.01. The minimum Gasteiger partial charge on any atom is -0.444 e. The summed E-state index contributed by atoms with van der Waals surface area (Å²) in [6.07, 6.45) is -0.555. The minimum atomic E-state index is -0.555. The molecule has 18 heavy (non-hydrogen) atoms. The van der Waals surface area contributed by atoms with E-state index < -0.39 is 11.7 Å². The highest BCUT2D eigenvalue weighted by molar-refractivity contribution is 9.10. The monoisotopic (exact) mass is 312 g/mol. The molecule has 0 unspecified atom stereocenters. The van der Waals surface area contributed by atoms with E-state index in [0.29, 0.717) is 11.4 Å². The van der Waals surface area contributed by atoms with Crippen LogP contribution in [-0.2, 0) is 4.74 Å². The van der Waals surface area contributed by atoms with E-state index in [1.165, 1.54) is 0 Å². The highest BCUT2D eigenvalue weighted by atomic mass is 79.9. The van der Waals surface area contributed by atoms with Gasteiger partial charge in [-0.25, -0.2) is 4.79 Å². The van der Waals surface area contributed by atoms with E-state index in [1.54, 1.807) is 26.8 Å². The number of anilines is 1. The molecule has 1 heterocycles. The number of halogens is 1. The maximum atomic E-state index is 11.6. The Morgan fingerprint density at radius 3 is 2.83 bits per heavy atom. The highest BCUT2D eigenvalue weighted by Crippen LogP contribution is 2.26. The molecule has 6 heteroatoms. The Balaban J connectivity index is 2.20. The van der Waals surface area contributed by atoms with Crippen LogP contribution in [0.4, 0.5) is 10.6 Å². The summed E-state index contributed by atoms with van der Waals surface area (Å²) in [6.45, 7) is 5.39. The number of amides is 1. The number of nitrogens with zero attached hydrogens (tertiary/aromatic N) is 1. The van der Waals surface area contributed by atoms with Crippen molar-refractivity contribution in [1.82, 2.24) is 5.16 Å². The highest BCUT2D eigenvalue weighted by Gasteiger charge is 2.18. The minimum absolute atomic E-state index is 0.353. The molecule has 0 fully saturated rings. The normalized spacial score (nSPS) is 11.6. The van der Waals surface area contributed by atoms with E-state index in [2.05, 4.69) is 26.4 Å². The molecule has 0 spiro atoms. The lowest BCUT2D eigenvalue weighted by molar-refractivity contribution is 0.0635. The zero-order valence-electron chi connectivity index (χ0n) is 10.3. The molecule has 1 amide bonds. The van der Waals surface area contributed by atoms with Gasteiger partial charge in [0.05, 0.1) is 5.39 Å². The van der Waals surface area contributed by atoms with Gasteiger partial charge < -0.3 is 9.26 Å². The van der Waals surface area contributed by atoms with Crippen LogP contribution in [0, 0.1) is 0 Å². The van der Waals surface area contributed by atoms with Crippen LogP contribution < -0.4 is 5.32 Å². The van der Waals surface area contributed by atoms with Crippen LogP contribution in [0.1, 0.15) is 20.8 Å². The summed E-state index contributed by atoms with van der Waals surface area (Å²) in [4.78, 5) is 11.6. The quantitative estimate of drug-likeness (QED) is 0.866. The first kappa shape index (κ1) is 12.9. The van der Waals surface area contributed by atoms with Crippen molar-refractivity contribution in [3.63, 3.8) is 0 Å². The fourth-order valence-electron chi connectivity index (χ4n) is 1.40. The van der Waals surface area contributed by atoms with Crippen molar-refractivity contribution in [2.75, 3.05) is 5.32 Å². The van der Waals surface area contributed by atoms with Gasteiger partial charge in [0.15, 0.2) is 11.4 Å². The van der Waals surface area contributed by atoms with Crippen molar-refractivity contribution < 1.29 is 14.1 Å². The number of carbonyl (C=O) groups is 1. The molecule has 2 rings (SSSR count). The molecular weight excluding hydrogens is 300 g/mol. The number of hydrogen-bond donors (Lipinski definition) is 1. The third-order valence-electron chi connectivity index (χ3n) is 2.05. The zero-order chi connectivity index (χ0) is 13.3. The summed E-state index contributed by atoms with van der Waals surface area (Å²) in [5, 5.41) is 7.08. The Bertz CT molecular complexity index is 587. The number of benzene rings is 1. The van der Waals surface area contributed by atoms with Crippen LogP contribution in [0.2, 0.25) is 0 Å². The number of fused-ring (bicyclic) bond motifs is 1. The van der Waals surface area contributed by atoms with Crippen molar-refractivity contribution >= 4 is 38.8 Å². The summed E-state index contributed by atoms with van der Waals surface area (Å²) in [6, 6.07) is 5.44. The number of aromatic nitrogens is 1. The summed E-state index contributed by atoms with van der Waals surface area (Å²) in [5.41, 5.74) is 0.0440. The lowest BCUT2D eigenvalue weighted by Crippen LogP contribution is -2.27. The molecule has 96 valence electrons. The first-order valence-corrected chi connectivity index (χ1v) is 6.19. The van der Waals surface area contributed by atoms with Crippen LogP contribution in [-0.4, -0.2) is 16.9 Å². The van der Waals surface area contributed by atoms with Crippen molar-refractivity contribution in [2.45, 2.75) is 26.4 Å². The van der Waals surface area contributed by atoms with Crippen molar-refractivity contribution in [1.29, 1.82) is 0 Å². The van der Waals surface area contributed by atoms with Crippen LogP contribution in [0.5, 0.6) is 0 Å². The number of carbonyl (C=O) groups excluding carboxylic acids is 1. The van der Waals surface area contributed by atoms with Crippen molar-refractivity contribution in [3.05, 3.63) is 22.7 Å². The van der Waals surface area contributed by atoms with Gasteiger partial charge in [0.2, 0.25) is 0 Å². The maximum absolute atomic E-state index is 11.6. The van der Waals surface area contributed by atoms with E-state index in [4.69, 9.17) is 9.26 Å². The molecule has 2 aromatic rings. The topological polar surface area (TPSA) is 64.4 Å². The van der Waals surface area contributed by atoms with Gasteiger partial charge >= 0.3 is 6.09 Å². The Morgan fingerprint density at radius 2 is 2.17 bits per heavy atom. The summed E-state index contributed by atoms with van der Waals surface area (Å²) in [7, 11) is 0. The van der Waals surface area contributed by atoms with E-state index in [9.17, 15) is 4.79 Å². The average Bonchev–Trinajstić information content (AvgIpc) is 2.57. The third-order valence-corrected chi connectivity index (χ3v) is 2.55. The fraction of sp³-hybridized carbons (Fsp3) is 0.333. The molecule has 0 aliphatic carbocycles. The van der Waals surface area contributed by atoms with Gasteiger partial charge in [0, 0.05) is 4.47 Å². The van der Waals surface area contributed by atoms with Crippen LogP contribution in [0.25, 0.3) is 11.0 Å². The van der Waals surface area contributed by atoms with Gasteiger partial charge in [-0.15, -0.1) is 0 Å². The lowest BCUT2D eigenvalue weighted by Gasteiger charge is -2.18. The summed E-state index contributed by atoms with van der Waals surface area (Å²) in [5.74, 6) is 0.353. The fourth-order valence-corrected chi connectivity index (χ4v) is 1.74. The second-order valence-corrected chi connectivity index (χ2v) is 5.71. The molecule has 0 aliphatic heterocycles. The number of hydrogen-bond acceptors (Lipinski definition) is 4. The van der Waals surface area contributed by atoms with Crippen LogP contribution in [0.15, 0.2) is 27.2 Å². The molecular formula is C12H13BrN2O3. The number of rotatable bonds is 1. The second kappa shape index (κ2) is 4.61. The maximum Gasteiger partial charge on any atom is 0.413 e. The van der Waals surface area contributed by atoms with Gasteiger partial charge in [-0.2, -0.15) is 0 Å². The molecule has 0 radical (unpaired) electrons. The first-order valence-electron chi connectivity index (χ1n) is 5.40. The largest absolute Gasteiger partial charge is 0.444 e. The first-order chi connectivity index (χ1) is 8.35. The van der Waals surface area contributed by atoms with E-state index in [-0.39, 0.29) is 0 Å². The smallest absolute Gasteiger partial charge is 0.413 e. The molecule has 0 saturated heterocycles. The van der Waals surface area contributed by atoms with Crippen molar-refractivity contribution in [3.8, 4) is 0 Å². The van der Waals surface area contributed by atoms with E-state index >= 15 is 0 Å². The van der Waals surface area contributed by atoms with Crippen LogP contribution in [0.3, 0.4) is 0 Å². The van der Waals surface area contributed by atoms with E-state index in [1.807, 2.05) is 12.1 Å². The zero-order valence-corrected chi connectivity index (χ0v) is 11.9. The van der Waals surface area contributed by atoms with Gasteiger partial charge in [-0.05, 0) is 39.0 Å². The molecule has 0 bridgehead atoms. The molecule has 0 atom stereocenters. The molecule has 1 aromatic heterocycles. The number of nitrogens with one attached hydrogen (secondary N) is 1. The molecule has 5 nitrogen and oxygen atoms in total. The van der Waals surface area contributed by atoms with Gasteiger partial charge in [0.1, 0.15) is 5.60 Å². The van der Waals surface area contributed by atoms with Gasteiger partial charge in [-0.1, -0.05) is 21.1 Å². The Kier molecular flexibility index (Phi) is 3.30. The van der Waals surface area contributed by atoms with E-state index in [0.717, 1.165) is 9.86 Å². The predicted molar refractivity (Wildman–Crippen MR) is 71.6 cm³/mol. The number of ether oxygens (including phenoxy) is 1. The van der Waals surface area contributed by atoms with Gasteiger partial charge in [0.25, 0.3) is 0 Å². The summed E-state index contributed by atoms with van der Waals surface area (Å²) >= 11 is 3.33. The Labute approximate surface area is 113 Å². The molecule has 1 aromatic carbocycles. The predicted octanol–water partition coefficient (Wildman–Crippen LogP) is 3.94. The molecule has 0 aliphatic rings. The Hall–Kier alpha value is -1.56. The average molecular weight is 313 g/mol. The molecule has 0 saturated carbocycles. The molecule has 1 N–H and O–H groups in total. The SMILES string of the molecule is CC(C)(C)OC(=O)Nc1noc2cc(Br)ccc12. The Morgan fingerprint density at radius 1 is 1.44 bits per heavy atom. The summed E-state index contributed by atoms with van der Waals surface area (Å²) < 4.78 is 11.1. The second-order valence-electron chi connectivity index (χ2n) is 4.80. The van der Waals surface area contributed by atoms with Crippen LogP contribution >= 0.6 is 15.9 Å². The lowest BCUT2D eigenvalue weighted by atomic mass is 10.2.